The lowest BCUT2D eigenvalue weighted by atomic mass is 10.1. The molecule has 4 unspecified atom stereocenters. The number of carboxylic acid groups (broad SMARTS) is 1. The van der Waals surface area contributed by atoms with E-state index >= 15 is 0 Å². The molecule has 0 saturated heterocycles. The van der Waals surface area contributed by atoms with Crippen molar-refractivity contribution in [2.45, 2.75) is 31.3 Å². The van der Waals surface area contributed by atoms with Crippen LogP contribution in [0.15, 0.2) is 0 Å². The molecular weight excluding hydrogens is 246 g/mol. The number of aliphatic carboxylic acids is 1. The third-order valence-electron chi connectivity index (χ3n) is 2.42. The van der Waals surface area contributed by atoms with E-state index in [4.69, 9.17) is 15.3 Å². The smallest absolute Gasteiger partial charge is 0.323 e. The van der Waals surface area contributed by atoms with E-state index in [1.807, 2.05) is 0 Å². The number of rotatable bonds is 9. The van der Waals surface area contributed by atoms with Crippen molar-refractivity contribution in [3.05, 3.63) is 0 Å². The van der Waals surface area contributed by atoms with Crippen molar-refractivity contribution in [2.75, 3.05) is 26.3 Å². The fourth-order valence-electron chi connectivity index (χ4n) is 1.63. The molecule has 8 nitrogen and oxygen atoms in total. The quantitative estimate of drug-likeness (QED) is 0.257. The molecule has 8 heteroatoms. The molecule has 0 aliphatic carbocycles. The summed E-state index contributed by atoms with van der Waals surface area (Å²) in [5.74, 6) is -1.32. The lowest BCUT2D eigenvalue weighted by Crippen LogP contribution is -2.53. The van der Waals surface area contributed by atoms with Crippen molar-refractivity contribution in [1.82, 2.24) is 4.90 Å². The normalized spacial score (nSPS) is 18.4. The Labute approximate surface area is 105 Å². The van der Waals surface area contributed by atoms with Crippen LogP contribution in [0.25, 0.3) is 0 Å². The number of nitrogens with zero attached hydrogens (tertiary/aromatic N) is 1. The molecule has 0 fully saturated rings. The molecule has 0 aromatic carbocycles. The SMILES string of the molecule is CC(O)C(C(=O)O)N(CC(O)CO)CC(O)CO. The molecule has 0 bridgehead atoms. The van der Waals surface area contributed by atoms with Gasteiger partial charge in [-0.2, -0.15) is 0 Å². The number of carbonyl (C=O) groups is 1. The Morgan fingerprint density at radius 1 is 1.06 bits per heavy atom. The number of aliphatic hydroxyl groups is 5. The second-order valence-electron chi connectivity index (χ2n) is 4.15. The van der Waals surface area contributed by atoms with Crippen molar-refractivity contribution >= 4 is 5.97 Å². The van der Waals surface area contributed by atoms with Crippen LogP contribution in [0.5, 0.6) is 0 Å². The van der Waals surface area contributed by atoms with Gasteiger partial charge in [-0.1, -0.05) is 0 Å². The number of aliphatic hydroxyl groups excluding tert-OH is 5. The highest BCUT2D eigenvalue weighted by Crippen LogP contribution is 2.08. The number of hydrogen-bond donors (Lipinski definition) is 6. The Kier molecular flexibility index (Phi) is 8.00. The van der Waals surface area contributed by atoms with E-state index in [1.54, 1.807) is 0 Å². The van der Waals surface area contributed by atoms with Crippen molar-refractivity contribution < 1.29 is 35.4 Å². The molecule has 0 aromatic rings. The topological polar surface area (TPSA) is 142 Å². The Hall–Kier alpha value is -0.770. The fourth-order valence-corrected chi connectivity index (χ4v) is 1.63. The highest BCUT2D eigenvalue weighted by molar-refractivity contribution is 5.74. The molecular formula is C10H21NO7. The van der Waals surface area contributed by atoms with Crippen molar-refractivity contribution in [3.8, 4) is 0 Å². The summed E-state index contributed by atoms with van der Waals surface area (Å²) < 4.78 is 0. The summed E-state index contributed by atoms with van der Waals surface area (Å²) in [5.41, 5.74) is 0. The van der Waals surface area contributed by atoms with Gasteiger partial charge >= 0.3 is 5.97 Å². The van der Waals surface area contributed by atoms with Crippen molar-refractivity contribution in [1.29, 1.82) is 0 Å². The molecule has 0 aromatic heterocycles. The van der Waals surface area contributed by atoms with E-state index in [0.29, 0.717) is 0 Å². The maximum Gasteiger partial charge on any atom is 0.323 e. The Morgan fingerprint density at radius 2 is 1.44 bits per heavy atom. The Bertz CT molecular complexity index is 236. The predicted octanol–water partition coefficient (Wildman–Crippen LogP) is -3.17. The molecule has 18 heavy (non-hydrogen) atoms. The minimum absolute atomic E-state index is 0.241. The van der Waals surface area contributed by atoms with E-state index in [1.165, 1.54) is 6.92 Å². The van der Waals surface area contributed by atoms with Crippen LogP contribution in [0.3, 0.4) is 0 Å². The van der Waals surface area contributed by atoms with E-state index in [-0.39, 0.29) is 13.1 Å². The van der Waals surface area contributed by atoms with E-state index in [9.17, 15) is 20.1 Å². The summed E-state index contributed by atoms with van der Waals surface area (Å²) in [5, 5.41) is 54.5. The molecule has 0 rings (SSSR count). The Morgan fingerprint density at radius 3 is 1.67 bits per heavy atom. The zero-order valence-electron chi connectivity index (χ0n) is 10.2. The van der Waals surface area contributed by atoms with Gasteiger partial charge in [0.15, 0.2) is 0 Å². The van der Waals surface area contributed by atoms with Crippen LogP contribution in [-0.4, -0.2) is 92.2 Å². The molecule has 0 aliphatic heterocycles. The summed E-state index contributed by atoms with van der Waals surface area (Å²) in [6.45, 7) is -0.358. The largest absolute Gasteiger partial charge is 0.480 e. The van der Waals surface area contributed by atoms with Crippen molar-refractivity contribution in [2.24, 2.45) is 0 Å². The van der Waals surface area contributed by atoms with Crippen LogP contribution in [0, 0.1) is 0 Å². The summed E-state index contributed by atoms with van der Waals surface area (Å²) in [6, 6.07) is -1.34. The van der Waals surface area contributed by atoms with Gasteiger partial charge in [-0.25, -0.2) is 0 Å². The average molecular weight is 267 g/mol. The van der Waals surface area contributed by atoms with Gasteiger partial charge in [0.25, 0.3) is 0 Å². The van der Waals surface area contributed by atoms with Crippen LogP contribution in [-0.2, 0) is 4.79 Å². The minimum Gasteiger partial charge on any atom is -0.480 e. The first-order valence-corrected chi connectivity index (χ1v) is 5.56. The van der Waals surface area contributed by atoms with E-state index in [2.05, 4.69) is 0 Å². The van der Waals surface area contributed by atoms with Gasteiger partial charge in [-0.15, -0.1) is 0 Å². The first-order valence-electron chi connectivity index (χ1n) is 5.56. The highest BCUT2D eigenvalue weighted by Gasteiger charge is 2.32. The maximum atomic E-state index is 11.0. The monoisotopic (exact) mass is 267 g/mol. The van der Waals surface area contributed by atoms with Crippen LogP contribution in [0.1, 0.15) is 6.92 Å². The zero-order valence-corrected chi connectivity index (χ0v) is 10.2. The maximum absolute atomic E-state index is 11.0. The van der Waals surface area contributed by atoms with Crippen LogP contribution >= 0.6 is 0 Å². The van der Waals surface area contributed by atoms with Crippen LogP contribution in [0.4, 0.5) is 0 Å². The van der Waals surface area contributed by atoms with Gasteiger partial charge in [0, 0.05) is 13.1 Å². The molecule has 108 valence electrons. The standard InChI is InChI=1S/C10H21NO7/c1-6(14)9(10(17)18)11(2-7(15)4-12)3-8(16)5-13/h6-9,12-16H,2-5H2,1H3,(H,17,18). The lowest BCUT2D eigenvalue weighted by Gasteiger charge is -2.32. The second kappa shape index (κ2) is 8.35. The third-order valence-corrected chi connectivity index (χ3v) is 2.42. The van der Waals surface area contributed by atoms with Crippen LogP contribution in [0.2, 0.25) is 0 Å². The van der Waals surface area contributed by atoms with Gasteiger partial charge in [0.2, 0.25) is 0 Å². The molecule has 0 radical (unpaired) electrons. The van der Waals surface area contributed by atoms with Gasteiger partial charge in [0.05, 0.1) is 31.5 Å². The number of carboxylic acids is 1. The van der Waals surface area contributed by atoms with Crippen LogP contribution < -0.4 is 0 Å². The predicted molar refractivity (Wildman–Crippen MR) is 60.9 cm³/mol. The average Bonchev–Trinajstić information content (AvgIpc) is 2.27. The van der Waals surface area contributed by atoms with Crippen molar-refractivity contribution in [3.63, 3.8) is 0 Å². The fraction of sp³-hybridized carbons (Fsp3) is 0.900. The molecule has 0 aliphatic rings. The summed E-state index contributed by atoms with van der Waals surface area (Å²) in [4.78, 5) is 12.1. The molecule has 0 heterocycles. The minimum atomic E-state index is -1.34. The Balaban J connectivity index is 4.85. The molecule has 0 amide bonds. The van der Waals surface area contributed by atoms with Gasteiger partial charge in [-0.3, -0.25) is 9.69 Å². The molecule has 6 N–H and O–H groups in total. The summed E-state index contributed by atoms with van der Waals surface area (Å²) in [6.07, 6.45) is -3.63. The second-order valence-corrected chi connectivity index (χ2v) is 4.15. The molecule has 0 spiro atoms. The first kappa shape index (κ1) is 17.2. The summed E-state index contributed by atoms with van der Waals surface area (Å²) in [7, 11) is 0. The van der Waals surface area contributed by atoms with Gasteiger partial charge in [0.1, 0.15) is 6.04 Å². The lowest BCUT2D eigenvalue weighted by molar-refractivity contribution is -0.149. The van der Waals surface area contributed by atoms with Gasteiger partial charge in [-0.05, 0) is 6.92 Å². The zero-order chi connectivity index (χ0) is 14.3. The first-order chi connectivity index (χ1) is 8.33. The number of hydrogen-bond acceptors (Lipinski definition) is 7. The van der Waals surface area contributed by atoms with Gasteiger partial charge < -0.3 is 30.6 Å². The molecule has 0 saturated carbocycles. The van der Waals surface area contributed by atoms with E-state index < -0.39 is 43.5 Å². The van der Waals surface area contributed by atoms with E-state index in [0.717, 1.165) is 4.90 Å². The molecule has 4 atom stereocenters. The highest BCUT2D eigenvalue weighted by atomic mass is 16.4. The third kappa shape index (κ3) is 5.71. The summed E-state index contributed by atoms with van der Waals surface area (Å²) >= 11 is 0.